The predicted molar refractivity (Wildman–Crippen MR) is 103 cm³/mol. The molecule has 2 N–H and O–H groups in total. The van der Waals surface area contributed by atoms with E-state index in [-0.39, 0.29) is 6.61 Å². The van der Waals surface area contributed by atoms with Gasteiger partial charge in [0.2, 0.25) is 0 Å². The molecule has 5 rings (SSSR count). The van der Waals surface area contributed by atoms with E-state index < -0.39 is 6.16 Å². The molecule has 0 bridgehead atoms. The van der Waals surface area contributed by atoms with E-state index in [0.29, 0.717) is 5.75 Å². The minimum Gasteiger partial charge on any atom is -0.434 e. The Morgan fingerprint density at radius 3 is 2.50 bits per heavy atom. The molecule has 0 saturated heterocycles. The van der Waals surface area contributed by atoms with Gasteiger partial charge < -0.3 is 19.4 Å². The first-order chi connectivity index (χ1) is 12.7. The molecule has 2 heterocycles. The lowest BCUT2D eigenvalue weighted by molar-refractivity contribution is 0.105. The molecule has 0 aliphatic heterocycles. The normalized spacial score (nSPS) is 11.6. The van der Waals surface area contributed by atoms with Crippen LogP contribution in [0.3, 0.4) is 0 Å². The van der Waals surface area contributed by atoms with Crippen molar-refractivity contribution in [1.29, 1.82) is 0 Å². The quantitative estimate of drug-likeness (QED) is 0.329. The van der Waals surface area contributed by atoms with Gasteiger partial charge in [0.05, 0.1) is 17.5 Å². The summed E-state index contributed by atoms with van der Waals surface area (Å²) in [5.41, 5.74) is 4.07. The fourth-order valence-corrected chi connectivity index (χ4v) is 3.59. The monoisotopic (exact) mass is 344 g/mol. The van der Waals surface area contributed by atoms with Crippen molar-refractivity contribution in [3.63, 3.8) is 0 Å². The molecule has 3 aromatic carbocycles. The average molecular weight is 344 g/mol. The second kappa shape index (κ2) is 5.52. The lowest BCUT2D eigenvalue weighted by atomic mass is 10.1. The Morgan fingerprint density at radius 2 is 1.62 bits per heavy atom. The van der Waals surface area contributed by atoms with E-state index in [1.807, 2.05) is 24.3 Å². The van der Waals surface area contributed by atoms with E-state index in [4.69, 9.17) is 9.47 Å². The van der Waals surface area contributed by atoms with Crippen LogP contribution in [0, 0.1) is 0 Å². The van der Waals surface area contributed by atoms with Crippen molar-refractivity contribution < 1.29 is 14.3 Å². The van der Waals surface area contributed by atoms with Crippen LogP contribution in [0.2, 0.25) is 0 Å². The third-order valence-corrected chi connectivity index (χ3v) is 4.66. The predicted octanol–water partition coefficient (Wildman–Crippen LogP) is 5.49. The average Bonchev–Trinajstić information content (AvgIpc) is 3.17. The number of hydrogen-bond acceptors (Lipinski definition) is 3. The molecule has 5 heteroatoms. The van der Waals surface area contributed by atoms with Crippen molar-refractivity contribution in [2.75, 3.05) is 6.61 Å². The van der Waals surface area contributed by atoms with Crippen LogP contribution in [-0.4, -0.2) is 22.7 Å². The van der Waals surface area contributed by atoms with E-state index in [2.05, 4.69) is 34.2 Å². The van der Waals surface area contributed by atoms with Gasteiger partial charge in [0, 0.05) is 32.7 Å². The third kappa shape index (κ3) is 2.14. The van der Waals surface area contributed by atoms with Gasteiger partial charge in [-0.15, -0.1) is 0 Å². The van der Waals surface area contributed by atoms with Gasteiger partial charge in [0.15, 0.2) is 0 Å². The second-order valence-corrected chi connectivity index (χ2v) is 6.20. The van der Waals surface area contributed by atoms with Crippen molar-refractivity contribution in [2.45, 2.75) is 6.92 Å². The molecule has 0 saturated carbocycles. The molecule has 5 aromatic rings. The summed E-state index contributed by atoms with van der Waals surface area (Å²) in [6.45, 7) is 2.03. The number of para-hydroxylation sites is 1. The van der Waals surface area contributed by atoms with Crippen LogP contribution in [0.5, 0.6) is 5.75 Å². The van der Waals surface area contributed by atoms with Crippen LogP contribution < -0.4 is 4.74 Å². The molecule has 0 spiro atoms. The number of carbonyl (C=O) groups is 1. The number of nitrogens with one attached hydrogen (secondary N) is 2. The third-order valence-electron chi connectivity index (χ3n) is 4.66. The standard InChI is InChI=1S/C21H16N2O3/c1-2-25-21(24)26-19-9-5-8-16-20(19)14-10-13-12-6-3-4-7-15(12)22-17(13)11-18(14)23-16/h3-11,22-23H,2H2,1H3. The number of ether oxygens (including phenoxy) is 2. The lowest BCUT2D eigenvalue weighted by Crippen LogP contribution is -2.10. The molecule has 0 aliphatic carbocycles. The lowest BCUT2D eigenvalue weighted by Gasteiger charge is -2.05. The van der Waals surface area contributed by atoms with Crippen LogP contribution in [-0.2, 0) is 4.74 Å². The van der Waals surface area contributed by atoms with Crippen molar-refractivity contribution >= 4 is 49.8 Å². The van der Waals surface area contributed by atoms with Crippen LogP contribution in [0.25, 0.3) is 43.6 Å². The summed E-state index contributed by atoms with van der Waals surface area (Å²) < 4.78 is 10.3. The molecule has 0 unspecified atom stereocenters. The van der Waals surface area contributed by atoms with E-state index in [1.165, 1.54) is 5.39 Å². The van der Waals surface area contributed by atoms with Gasteiger partial charge in [0.25, 0.3) is 0 Å². The van der Waals surface area contributed by atoms with Gasteiger partial charge in [-0.05, 0) is 37.3 Å². The van der Waals surface area contributed by atoms with Crippen molar-refractivity contribution in [3.05, 3.63) is 54.6 Å². The first-order valence-electron chi connectivity index (χ1n) is 8.54. The number of aromatic amines is 2. The number of fused-ring (bicyclic) bond motifs is 6. The number of hydrogen-bond donors (Lipinski definition) is 2. The highest BCUT2D eigenvalue weighted by Crippen LogP contribution is 2.37. The maximum Gasteiger partial charge on any atom is 0.513 e. The molecule has 0 amide bonds. The zero-order chi connectivity index (χ0) is 17.7. The molecular weight excluding hydrogens is 328 g/mol. The molecule has 128 valence electrons. The molecule has 0 fully saturated rings. The summed E-state index contributed by atoms with van der Waals surface area (Å²) in [7, 11) is 0. The summed E-state index contributed by atoms with van der Waals surface area (Å²) in [5, 5.41) is 4.20. The molecule has 5 nitrogen and oxygen atoms in total. The summed E-state index contributed by atoms with van der Waals surface area (Å²) in [6.07, 6.45) is -0.692. The van der Waals surface area contributed by atoms with Gasteiger partial charge in [-0.3, -0.25) is 0 Å². The Labute approximate surface area is 148 Å². The summed E-state index contributed by atoms with van der Waals surface area (Å²) in [4.78, 5) is 18.7. The number of rotatable bonds is 2. The number of aromatic nitrogens is 2. The van der Waals surface area contributed by atoms with Gasteiger partial charge in [-0.25, -0.2) is 4.79 Å². The maximum atomic E-state index is 11.8. The van der Waals surface area contributed by atoms with Crippen molar-refractivity contribution in [2.24, 2.45) is 0 Å². The van der Waals surface area contributed by atoms with Crippen LogP contribution in [0.4, 0.5) is 4.79 Å². The van der Waals surface area contributed by atoms with Gasteiger partial charge in [0.1, 0.15) is 5.75 Å². The van der Waals surface area contributed by atoms with Gasteiger partial charge in [-0.2, -0.15) is 0 Å². The van der Waals surface area contributed by atoms with Crippen molar-refractivity contribution in [1.82, 2.24) is 9.97 Å². The van der Waals surface area contributed by atoms with Crippen LogP contribution in [0.15, 0.2) is 54.6 Å². The first-order valence-corrected chi connectivity index (χ1v) is 8.54. The zero-order valence-corrected chi connectivity index (χ0v) is 14.1. The minimum absolute atomic E-state index is 0.276. The van der Waals surface area contributed by atoms with E-state index in [1.54, 1.807) is 13.0 Å². The van der Waals surface area contributed by atoms with E-state index >= 15 is 0 Å². The molecule has 0 radical (unpaired) electrons. The molecule has 0 aliphatic rings. The fourth-order valence-electron chi connectivity index (χ4n) is 3.59. The van der Waals surface area contributed by atoms with Gasteiger partial charge in [-0.1, -0.05) is 24.3 Å². The molecule has 26 heavy (non-hydrogen) atoms. The second-order valence-electron chi connectivity index (χ2n) is 6.20. The SMILES string of the molecule is CCOC(=O)Oc1cccc2[nH]c3cc4[nH]c5ccccc5c4cc3c12. The maximum absolute atomic E-state index is 11.8. The first kappa shape index (κ1) is 14.8. The summed E-state index contributed by atoms with van der Waals surface area (Å²) in [6, 6.07) is 18.1. The Hall–Kier alpha value is -3.47. The highest BCUT2D eigenvalue weighted by atomic mass is 16.7. The highest BCUT2D eigenvalue weighted by Gasteiger charge is 2.15. The van der Waals surface area contributed by atoms with Crippen LogP contribution >= 0.6 is 0 Å². The number of carbonyl (C=O) groups excluding carboxylic acids is 1. The minimum atomic E-state index is -0.692. The number of H-pyrrole nitrogens is 2. The van der Waals surface area contributed by atoms with Crippen LogP contribution in [0.1, 0.15) is 6.92 Å². The van der Waals surface area contributed by atoms with Crippen molar-refractivity contribution in [3.8, 4) is 5.75 Å². The summed E-state index contributed by atoms with van der Waals surface area (Å²) >= 11 is 0. The smallest absolute Gasteiger partial charge is 0.434 e. The van der Waals surface area contributed by atoms with E-state index in [0.717, 1.165) is 38.2 Å². The molecule has 0 atom stereocenters. The van der Waals surface area contributed by atoms with E-state index in [9.17, 15) is 4.79 Å². The Balaban J connectivity index is 1.80. The largest absolute Gasteiger partial charge is 0.513 e. The highest BCUT2D eigenvalue weighted by molar-refractivity contribution is 6.18. The molecule has 2 aromatic heterocycles. The topological polar surface area (TPSA) is 67.1 Å². The summed E-state index contributed by atoms with van der Waals surface area (Å²) in [5.74, 6) is 0.492. The molecular formula is C21H16N2O3. The Kier molecular flexibility index (Phi) is 3.15. The fraction of sp³-hybridized carbons (Fsp3) is 0.0952. The van der Waals surface area contributed by atoms with Gasteiger partial charge >= 0.3 is 6.16 Å². The zero-order valence-electron chi connectivity index (χ0n) is 14.1. The Bertz CT molecular complexity index is 1300. The Morgan fingerprint density at radius 1 is 0.846 bits per heavy atom. The number of benzene rings is 3.